The number of nitrogen functional groups attached to an aromatic ring is 1. The van der Waals surface area contributed by atoms with Gasteiger partial charge in [0.1, 0.15) is 5.69 Å². The molecule has 1 aliphatic rings. The van der Waals surface area contributed by atoms with Crippen LogP contribution >= 0.6 is 0 Å². The first kappa shape index (κ1) is 13.9. The van der Waals surface area contributed by atoms with E-state index in [2.05, 4.69) is 5.32 Å². The minimum atomic E-state index is -0.0514. The van der Waals surface area contributed by atoms with Crippen molar-refractivity contribution in [2.45, 2.75) is 51.8 Å². The molecule has 0 radical (unpaired) electrons. The molecule has 2 rings (SSSR count). The summed E-state index contributed by atoms with van der Waals surface area (Å²) in [7, 11) is 0. The number of nitrogens with one attached hydrogen (secondary N) is 1. The smallest absolute Gasteiger partial charge is 0.268 e. The minimum absolute atomic E-state index is 0.0514. The number of amides is 1. The van der Waals surface area contributed by atoms with E-state index in [1.54, 1.807) is 6.07 Å². The van der Waals surface area contributed by atoms with Gasteiger partial charge in [-0.25, -0.2) is 0 Å². The van der Waals surface area contributed by atoms with Gasteiger partial charge < -0.3 is 20.4 Å². The Balaban J connectivity index is 2.07. The Morgan fingerprint density at radius 2 is 2.32 bits per heavy atom. The van der Waals surface area contributed by atoms with Crippen LogP contribution in [0.2, 0.25) is 0 Å². The van der Waals surface area contributed by atoms with Gasteiger partial charge in [0.25, 0.3) is 5.91 Å². The highest BCUT2D eigenvalue weighted by Crippen LogP contribution is 2.18. The summed E-state index contributed by atoms with van der Waals surface area (Å²) in [5, 5.41) is 3.08. The second kappa shape index (κ2) is 5.65. The molecule has 0 bridgehead atoms. The van der Waals surface area contributed by atoms with Gasteiger partial charge in [0.05, 0.1) is 11.8 Å². The summed E-state index contributed by atoms with van der Waals surface area (Å²) >= 11 is 0. The van der Waals surface area contributed by atoms with E-state index in [0.29, 0.717) is 18.0 Å². The Bertz CT molecular complexity index is 454. The summed E-state index contributed by atoms with van der Waals surface area (Å²) < 4.78 is 7.40. The third-order valence-electron chi connectivity index (χ3n) is 3.48. The van der Waals surface area contributed by atoms with E-state index in [1.165, 1.54) is 0 Å². The topological polar surface area (TPSA) is 69.3 Å². The van der Waals surface area contributed by atoms with E-state index >= 15 is 0 Å². The summed E-state index contributed by atoms with van der Waals surface area (Å²) in [6.45, 7) is 6.81. The number of hydrogen-bond acceptors (Lipinski definition) is 3. The van der Waals surface area contributed by atoms with E-state index < -0.39 is 0 Å². The quantitative estimate of drug-likeness (QED) is 0.877. The molecule has 2 heterocycles. The van der Waals surface area contributed by atoms with Gasteiger partial charge >= 0.3 is 0 Å². The zero-order valence-corrected chi connectivity index (χ0v) is 11.8. The number of ether oxygens (including phenoxy) is 1. The van der Waals surface area contributed by atoms with Gasteiger partial charge in [-0.2, -0.15) is 0 Å². The van der Waals surface area contributed by atoms with Crippen molar-refractivity contribution in [3.05, 3.63) is 18.0 Å². The molecule has 2 atom stereocenters. The molecule has 0 aliphatic carbocycles. The van der Waals surface area contributed by atoms with Crippen molar-refractivity contribution in [3.63, 3.8) is 0 Å². The van der Waals surface area contributed by atoms with Crippen LogP contribution in [0.15, 0.2) is 12.3 Å². The van der Waals surface area contributed by atoms with Crippen LogP contribution in [0.4, 0.5) is 5.69 Å². The molecule has 5 nitrogen and oxygen atoms in total. The fourth-order valence-electron chi connectivity index (χ4n) is 2.50. The Morgan fingerprint density at radius 1 is 1.58 bits per heavy atom. The van der Waals surface area contributed by atoms with Crippen LogP contribution in [0.3, 0.4) is 0 Å². The molecule has 1 saturated heterocycles. The molecule has 0 spiro atoms. The van der Waals surface area contributed by atoms with E-state index in [9.17, 15) is 4.79 Å². The molecule has 1 aliphatic heterocycles. The summed E-state index contributed by atoms with van der Waals surface area (Å²) in [4.78, 5) is 12.3. The normalized spacial score (nSPS) is 23.6. The maximum atomic E-state index is 12.3. The van der Waals surface area contributed by atoms with Crippen LogP contribution in [0, 0.1) is 0 Å². The molecule has 19 heavy (non-hydrogen) atoms. The molecule has 1 aromatic heterocycles. The first-order valence-electron chi connectivity index (χ1n) is 6.87. The molecule has 1 amide bonds. The SMILES string of the molecule is CC1CC(NC(=O)c2cc(N)cn2C(C)C)CCO1. The largest absolute Gasteiger partial charge is 0.397 e. The van der Waals surface area contributed by atoms with E-state index in [1.807, 2.05) is 31.5 Å². The number of nitrogens with zero attached hydrogens (tertiary/aromatic N) is 1. The van der Waals surface area contributed by atoms with Crippen molar-refractivity contribution >= 4 is 11.6 Å². The molecule has 5 heteroatoms. The van der Waals surface area contributed by atoms with Crippen LogP contribution in [0.1, 0.15) is 50.1 Å². The number of carbonyl (C=O) groups excluding carboxylic acids is 1. The number of anilines is 1. The lowest BCUT2D eigenvalue weighted by Gasteiger charge is -2.28. The molecule has 0 saturated carbocycles. The molecule has 1 aromatic rings. The lowest BCUT2D eigenvalue weighted by Crippen LogP contribution is -2.41. The number of carbonyl (C=O) groups is 1. The second-order valence-corrected chi connectivity index (χ2v) is 5.54. The lowest BCUT2D eigenvalue weighted by molar-refractivity contribution is 0.0136. The van der Waals surface area contributed by atoms with Gasteiger partial charge in [-0.3, -0.25) is 4.79 Å². The number of hydrogen-bond donors (Lipinski definition) is 2. The molecular formula is C14H23N3O2. The highest BCUT2D eigenvalue weighted by molar-refractivity contribution is 5.94. The summed E-state index contributed by atoms with van der Waals surface area (Å²) in [5.41, 5.74) is 7.04. The molecule has 3 N–H and O–H groups in total. The summed E-state index contributed by atoms with van der Waals surface area (Å²) in [5.74, 6) is -0.0514. The third kappa shape index (κ3) is 3.29. The van der Waals surface area contributed by atoms with E-state index in [-0.39, 0.29) is 24.1 Å². The first-order chi connectivity index (χ1) is 8.97. The number of aromatic nitrogens is 1. The van der Waals surface area contributed by atoms with E-state index in [4.69, 9.17) is 10.5 Å². The fraction of sp³-hybridized carbons (Fsp3) is 0.643. The van der Waals surface area contributed by atoms with Crippen LogP contribution in [-0.2, 0) is 4.74 Å². The average molecular weight is 265 g/mol. The highest BCUT2D eigenvalue weighted by atomic mass is 16.5. The van der Waals surface area contributed by atoms with Crippen molar-refractivity contribution < 1.29 is 9.53 Å². The van der Waals surface area contributed by atoms with Crippen molar-refractivity contribution in [1.82, 2.24) is 9.88 Å². The maximum absolute atomic E-state index is 12.3. The van der Waals surface area contributed by atoms with Crippen LogP contribution in [0.5, 0.6) is 0 Å². The highest BCUT2D eigenvalue weighted by Gasteiger charge is 2.23. The Morgan fingerprint density at radius 3 is 2.95 bits per heavy atom. The number of nitrogens with two attached hydrogens (primary N) is 1. The van der Waals surface area contributed by atoms with Gasteiger partial charge in [0.15, 0.2) is 0 Å². The predicted octanol–water partition coefficient (Wildman–Crippen LogP) is 1.95. The van der Waals surface area contributed by atoms with Gasteiger partial charge in [-0.15, -0.1) is 0 Å². The second-order valence-electron chi connectivity index (χ2n) is 5.54. The minimum Gasteiger partial charge on any atom is -0.397 e. The maximum Gasteiger partial charge on any atom is 0.268 e. The zero-order chi connectivity index (χ0) is 14.0. The Kier molecular flexibility index (Phi) is 4.14. The molecule has 0 aromatic carbocycles. The standard InChI is InChI=1S/C14H23N3O2/c1-9(2)17-8-11(15)7-13(17)14(18)16-12-4-5-19-10(3)6-12/h7-10,12H,4-6,15H2,1-3H3,(H,16,18). The van der Waals surface area contributed by atoms with Crippen molar-refractivity contribution in [3.8, 4) is 0 Å². The van der Waals surface area contributed by atoms with Crippen molar-refractivity contribution in [2.24, 2.45) is 0 Å². The van der Waals surface area contributed by atoms with Crippen LogP contribution < -0.4 is 11.1 Å². The molecular weight excluding hydrogens is 242 g/mol. The number of rotatable bonds is 3. The molecule has 2 unspecified atom stereocenters. The van der Waals surface area contributed by atoms with Gasteiger partial charge in [-0.1, -0.05) is 0 Å². The third-order valence-corrected chi connectivity index (χ3v) is 3.48. The van der Waals surface area contributed by atoms with Gasteiger partial charge in [0, 0.05) is 24.9 Å². The van der Waals surface area contributed by atoms with E-state index in [0.717, 1.165) is 12.8 Å². The average Bonchev–Trinajstić information content (AvgIpc) is 2.71. The van der Waals surface area contributed by atoms with Gasteiger partial charge in [0.2, 0.25) is 0 Å². The first-order valence-corrected chi connectivity index (χ1v) is 6.87. The fourth-order valence-corrected chi connectivity index (χ4v) is 2.50. The Hall–Kier alpha value is -1.49. The van der Waals surface area contributed by atoms with Crippen LogP contribution in [-0.4, -0.2) is 29.2 Å². The molecule has 106 valence electrons. The Labute approximate surface area is 114 Å². The van der Waals surface area contributed by atoms with Crippen molar-refractivity contribution in [1.29, 1.82) is 0 Å². The molecule has 1 fully saturated rings. The summed E-state index contributed by atoms with van der Waals surface area (Å²) in [6.07, 6.45) is 3.75. The van der Waals surface area contributed by atoms with Gasteiger partial charge in [-0.05, 0) is 39.7 Å². The monoisotopic (exact) mass is 265 g/mol. The van der Waals surface area contributed by atoms with Crippen molar-refractivity contribution in [2.75, 3.05) is 12.3 Å². The zero-order valence-electron chi connectivity index (χ0n) is 11.8. The predicted molar refractivity (Wildman–Crippen MR) is 75.1 cm³/mol. The lowest BCUT2D eigenvalue weighted by atomic mass is 10.0. The summed E-state index contributed by atoms with van der Waals surface area (Å²) in [6, 6.07) is 2.14. The van der Waals surface area contributed by atoms with Crippen LogP contribution in [0.25, 0.3) is 0 Å².